The van der Waals surface area contributed by atoms with Gasteiger partial charge >= 0.3 is 11.8 Å². The smallest absolute Gasteiger partial charge is 0.313 e. The average Bonchev–Trinajstić information content (AvgIpc) is 2.67. The van der Waals surface area contributed by atoms with Gasteiger partial charge in [0, 0.05) is 17.4 Å². The Morgan fingerprint density at radius 3 is 2.37 bits per heavy atom. The minimum atomic E-state index is -2.42. The molecule has 0 aliphatic carbocycles. The number of hydrogen-bond donors (Lipinski definition) is 2. The van der Waals surface area contributed by atoms with Gasteiger partial charge in [0.05, 0.1) is 17.6 Å². The van der Waals surface area contributed by atoms with Gasteiger partial charge in [-0.25, -0.2) is 0 Å². The van der Waals surface area contributed by atoms with Crippen molar-refractivity contribution in [2.75, 3.05) is 11.9 Å². The lowest BCUT2D eigenvalue weighted by atomic mass is 10.1. The minimum Gasteiger partial charge on any atom is -0.343 e. The van der Waals surface area contributed by atoms with E-state index in [1.165, 1.54) is 30.3 Å². The third kappa shape index (κ3) is 6.67. The number of ketones is 1. The second-order valence-electron chi connectivity index (χ2n) is 5.12. The highest BCUT2D eigenvalue weighted by Gasteiger charge is 2.13. The number of hydrogen-bond acceptors (Lipinski definition) is 6. The SMILES string of the molecule is O=C(NCC=S(=O)=O)C(=O)Nc1ccc(C(=O)C=Cc2ccccn2)cc1. The molecule has 0 saturated heterocycles. The lowest BCUT2D eigenvalue weighted by molar-refractivity contribution is -0.135. The summed E-state index contributed by atoms with van der Waals surface area (Å²) in [5.41, 5.74) is 1.37. The first-order chi connectivity index (χ1) is 13.0. The molecule has 1 heterocycles. The molecule has 8 nitrogen and oxygen atoms in total. The Bertz CT molecular complexity index is 989. The summed E-state index contributed by atoms with van der Waals surface area (Å²) in [6.45, 7) is -0.279. The van der Waals surface area contributed by atoms with Crippen LogP contribution in [0.15, 0.2) is 54.7 Å². The highest BCUT2D eigenvalue weighted by atomic mass is 32.2. The lowest BCUT2D eigenvalue weighted by Crippen LogP contribution is -2.36. The number of anilines is 1. The van der Waals surface area contributed by atoms with E-state index in [1.807, 2.05) is 6.07 Å². The molecule has 1 aromatic carbocycles. The Hall–Kier alpha value is -3.59. The van der Waals surface area contributed by atoms with Crippen molar-refractivity contribution in [1.82, 2.24) is 10.3 Å². The molecule has 138 valence electrons. The van der Waals surface area contributed by atoms with E-state index in [4.69, 9.17) is 0 Å². The molecule has 27 heavy (non-hydrogen) atoms. The van der Waals surface area contributed by atoms with Crippen LogP contribution < -0.4 is 10.6 Å². The number of carbonyl (C=O) groups is 3. The lowest BCUT2D eigenvalue weighted by Gasteiger charge is -2.05. The predicted molar refractivity (Wildman–Crippen MR) is 101 cm³/mol. The maximum Gasteiger partial charge on any atom is 0.313 e. The highest BCUT2D eigenvalue weighted by molar-refractivity contribution is 7.71. The number of benzene rings is 1. The minimum absolute atomic E-state index is 0.238. The quantitative estimate of drug-likeness (QED) is 0.327. The van der Waals surface area contributed by atoms with Gasteiger partial charge in [-0.1, -0.05) is 6.07 Å². The topological polar surface area (TPSA) is 122 Å². The molecular weight excluding hydrogens is 370 g/mol. The third-order valence-corrected chi connectivity index (χ3v) is 3.65. The maximum atomic E-state index is 12.1. The molecule has 0 aliphatic rings. The van der Waals surface area contributed by atoms with Crippen molar-refractivity contribution in [3.63, 3.8) is 0 Å². The summed E-state index contributed by atoms with van der Waals surface area (Å²) in [6.07, 6.45) is 4.60. The fourth-order valence-electron chi connectivity index (χ4n) is 1.92. The van der Waals surface area contributed by atoms with Gasteiger partial charge in [0.1, 0.15) is 0 Å². The van der Waals surface area contributed by atoms with Crippen LogP contribution >= 0.6 is 0 Å². The molecule has 9 heteroatoms. The average molecular weight is 385 g/mol. The van der Waals surface area contributed by atoms with Crippen LogP contribution in [0.4, 0.5) is 5.69 Å². The van der Waals surface area contributed by atoms with Gasteiger partial charge in [-0.15, -0.1) is 0 Å². The summed E-state index contributed by atoms with van der Waals surface area (Å²) >= 11 is 0. The second kappa shape index (κ2) is 9.78. The highest BCUT2D eigenvalue weighted by Crippen LogP contribution is 2.11. The molecule has 0 spiro atoms. The van der Waals surface area contributed by atoms with Crippen LogP contribution in [-0.4, -0.2) is 42.9 Å². The normalized spacial score (nSPS) is 10.2. The van der Waals surface area contributed by atoms with Crippen molar-refractivity contribution in [2.24, 2.45) is 0 Å². The Morgan fingerprint density at radius 2 is 1.74 bits per heavy atom. The van der Waals surface area contributed by atoms with Gasteiger partial charge in [-0.2, -0.15) is 8.42 Å². The van der Waals surface area contributed by atoms with Crippen LogP contribution in [0.2, 0.25) is 0 Å². The van der Waals surface area contributed by atoms with Crippen LogP contribution in [0.1, 0.15) is 16.1 Å². The molecule has 2 amide bonds. The van der Waals surface area contributed by atoms with Crippen molar-refractivity contribution < 1.29 is 22.8 Å². The molecule has 0 radical (unpaired) electrons. The second-order valence-corrected chi connectivity index (χ2v) is 5.98. The van der Waals surface area contributed by atoms with Crippen LogP contribution in [0.25, 0.3) is 6.08 Å². The number of aromatic nitrogens is 1. The van der Waals surface area contributed by atoms with E-state index in [-0.39, 0.29) is 12.3 Å². The molecule has 2 N–H and O–H groups in total. The Kier molecular flexibility index (Phi) is 7.15. The number of allylic oxidation sites excluding steroid dienone is 1. The van der Waals surface area contributed by atoms with Crippen molar-refractivity contribution in [1.29, 1.82) is 0 Å². The number of nitrogens with one attached hydrogen (secondary N) is 2. The van der Waals surface area contributed by atoms with E-state index in [2.05, 4.69) is 15.6 Å². The number of rotatable bonds is 6. The summed E-state index contributed by atoms with van der Waals surface area (Å²) in [5.74, 6) is -2.17. The summed E-state index contributed by atoms with van der Waals surface area (Å²) in [4.78, 5) is 39.4. The van der Waals surface area contributed by atoms with E-state index < -0.39 is 22.1 Å². The van der Waals surface area contributed by atoms with E-state index in [9.17, 15) is 22.8 Å². The number of carbonyl (C=O) groups excluding carboxylic acids is 3. The first kappa shape index (κ1) is 19.7. The molecule has 0 aliphatic heterocycles. The number of amides is 2. The fourth-order valence-corrected chi connectivity index (χ4v) is 2.14. The summed E-state index contributed by atoms with van der Waals surface area (Å²) < 4.78 is 20.6. The van der Waals surface area contributed by atoms with Gasteiger partial charge in [0.2, 0.25) is 10.3 Å². The van der Waals surface area contributed by atoms with E-state index in [0.29, 0.717) is 16.9 Å². The summed E-state index contributed by atoms with van der Waals surface area (Å²) in [6, 6.07) is 11.3. The Morgan fingerprint density at radius 1 is 1.00 bits per heavy atom. The van der Waals surface area contributed by atoms with E-state index >= 15 is 0 Å². The van der Waals surface area contributed by atoms with Crippen molar-refractivity contribution in [3.05, 3.63) is 66.0 Å². The first-order valence-corrected chi connectivity index (χ1v) is 8.83. The maximum absolute atomic E-state index is 12.1. The molecular formula is C18H15N3O5S. The standard InChI is InChI=1S/C18H15N3O5S/c22-16(9-8-14-3-1-2-10-19-14)13-4-6-15(7-5-13)21-18(24)17(23)20-11-12-27(25)26/h1-10,12H,11H2,(H,20,23)(H,21,24). The number of nitrogens with zero attached hydrogens (tertiary/aromatic N) is 1. The van der Waals surface area contributed by atoms with Gasteiger partial charge in [0.15, 0.2) is 5.78 Å². The summed E-state index contributed by atoms with van der Waals surface area (Å²) in [7, 11) is -2.42. The predicted octanol–water partition coefficient (Wildman–Crippen LogP) is 0.714. The zero-order valence-electron chi connectivity index (χ0n) is 14.0. The first-order valence-electron chi connectivity index (χ1n) is 7.70. The largest absolute Gasteiger partial charge is 0.343 e. The van der Waals surface area contributed by atoms with Crippen LogP contribution in [-0.2, 0) is 19.9 Å². The van der Waals surface area contributed by atoms with Crippen LogP contribution in [0, 0.1) is 0 Å². The van der Waals surface area contributed by atoms with Gasteiger partial charge in [-0.3, -0.25) is 19.4 Å². The van der Waals surface area contributed by atoms with E-state index in [1.54, 1.807) is 24.4 Å². The molecule has 0 unspecified atom stereocenters. The van der Waals surface area contributed by atoms with Gasteiger partial charge < -0.3 is 10.6 Å². The molecule has 0 saturated carbocycles. The van der Waals surface area contributed by atoms with Crippen molar-refractivity contribution >= 4 is 45.0 Å². The zero-order chi connectivity index (χ0) is 19.6. The monoisotopic (exact) mass is 385 g/mol. The fraction of sp³-hybridized carbons (Fsp3) is 0.0556. The molecule has 0 bridgehead atoms. The zero-order valence-corrected chi connectivity index (χ0v) is 14.8. The Balaban J connectivity index is 1.93. The summed E-state index contributed by atoms with van der Waals surface area (Å²) in [5, 5.41) is 5.28. The van der Waals surface area contributed by atoms with Gasteiger partial charge in [0.25, 0.3) is 0 Å². The third-order valence-electron chi connectivity index (χ3n) is 3.21. The molecule has 0 atom stereocenters. The molecule has 2 aromatic rings. The van der Waals surface area contributed by atoms with Gasteiger partial charge in [-0.05, 0) is 48.6 Å². The van der Waals surface area contributed by atoms with Crippen molar-refractivity contribution in [2.45, 2.75) is 0 Å². The molecule has 0 fully saturated rings. The molecule has 2 rings (SSSR count). The van der Waals surface area contributed by atoms with Crippen LogP contribution in [0.3, 0.4) is 0 Å². The van der Waals surface area contributed by atoms with E-state index in [0.717, 1.165) is 5.37 Å². The molecule has 1 aromatic heterocycles. The Labute approximate surface area is 156 Å². The number of pyridine rings is 1. The van der Waals surface area contributed by atoms with Crippen molar-refractivity contribution in [3.8, 4) is 0 Å². The van der Waals surface area contributed by atoms with Crippen LogP contribution in [0.5, 0.6) is 0 Å².